The zero-order valence-corrected chi connectivity index (χ0v) is 12.1. The van der Waals surface area contributed by atoms with Crippen LogP contribution in [0.3, 0.4) is 0 Å². The topological polar surface area (TPSA) is 35.2 Å². The van der Waals surface area contributed by atoms with E-state index in [0.29, 0.717) is 0 Å². The van der Waals surface area contributed by atoms with Crippen LogP contribution < -0.4 is 10.5 Å². The summed E-state index contributed by atoms with van der Waals surface area (Å²) in [4.78, 5) is 0. The maximum Gasteiger partial charge on any atom is 0.125 e. The first-order chi connectivity index (χ1) is 9.61. The van der Waals surface area contributed by atoms with Crippen LogP contribution in [-0.2, 0) is 12.0 Å². The number of benzene rings is 2. The van der Waals surface area contributed by atoms with Crippen LogP contribution in [0.1, 0.15) is 37.0 Å². The van der Waals surface area contributed by atoms with E-state index in [9.17, 15) is 0 Å². The number of fused-ring (bicyclic) bond motifs is 1. The lowest BCUT2D eigenvalue weighted by atomic mass is 9.84. The Morgan fingerprint density at radius 1 is 1.00 bits per heavy atom. The minimum Gasteiger partial charge on any atom is -0.491 e. The fourth-order valence-corrected chi connectivity index (χ4v) is 3.11. The molecule has 0 saturated carbocycles. The molecule has 0 fully saturated rings. The van der Waals surface area contributed by atoms with Crippen molar-refractivity contribution in [2.24, 2.45) is 5.73 Å². The minimum absolute atomic E-state index is 0.149. The van der Waals surface area contributed by atoms with Crippen LogP contribution in [0.2, 0.25) is 0 Å². The summed E-state index contributed by atoms with van der Waals surface area (Å²) in [6.07, 6.45) is 2.12. The molecule has 1 unspecified atom stereocenters. The lowest BCUT2D eigenvalue weighted by Crippen LogP contribution is -2.36. The van der Waals surface area contributed by atoms with Gasteiger partial charge in [-0.1, -0.05) is 42.5 Å². The van der Waals surface area contributed by atoms with E-state index in [1.165, 1.54) is 11.1 Å². The highest BCUT2D eigenvalue weighted by atomic mass is 16.5. The minimum atomic E-state index is -0.428. The third-order valence-corrected chi connectivity index (χ3v) is 4.02. The van der Waals surface area contributed by atoms with E-state index < -0.39 is 5.54 Å². The molecule has 2 aromatic carbocycles. The van der Waals surface area contributed by atoms with Crippen molar-refractivity contribution in [3.05, 3.63) is 65.2 Å². The Bertz CT molecular complexity index is 620. The quantitative estimate of drug-likeness (QED) is 0.921. The van der Waals surface area contributed by atoms with E-state index in [1.54, 1.807) is 0 Å². The summed E-state index contributed by atoms with van der Waals surface area (Å²) in [5, 5.41) is 0. The molecule has 3 rings (SSSR count). The van der Waals surface area contributed by atoms with Gasteiger partial charge in [-0.25, -0.2) is 0 Å². The molecule has 1 aliphatic carbocycles. The van der Waals surface area contributed by atoms with Crippen LogP contribution in [0, 0.1) is 0 Å². The third kappa shape index (κ3) is 2.10. The van der Waals surface area contributed by atoms with Crippen LogP contribution in [0.5, 0.6) is 5.75 Å². The SMILES string of the molecule is CC(C)Oc1ccccc1C1(N)CCc2ccccc21. The Kier molecular flexibility index (Phi) is 3.27. The summed E-state index contributed by atoms with van der Waals surface area (Å²) in [6.45, 7) is 4.09. The molecule has 0 saturated heterocycles. The van der Waals surface area contributed by atoms with Gasteiger partial charge in [0, 0.05) is 5.56 Å². The predicted molar refractivity (Wildman–Crippen MR) is 81.9 cm³/mol. The molecule has 0 aromatic heterocycles. The van der Waals surface area contributed by atoms with Gasteiger partial charge in [0.1, 0.15) is 5.75 Å². The first-order valence-electron chi connectivity index (χ1n) is 7.25. The maximum absolute atomic E-state index is 6.79. The van der Waals surface area contributed by atoms with E-state index >= 15 is 0 Å². The van der Waals surface area contributed by atoms with Crippen LogP contribution in [0.25, 0.3) is 0 Å². The molecular formula is C18H21NO. The van der Waals surface area contributed by atoms with Crippen molar-refractivity contribution in [1.82, 2.24) is 0 Å². The summed E-state index contributed by atoms with van der Waals surface area (Å²) in [5.41, 5.74) is 10.0. The monoisotopic (exact) mass is 267 g/mol. The average molecular weight is 267 g/mol. The summed E-state index contributed by atoms with van der Waals surface area (Å²) in [7, 11) is 0. The molecule has 0 aliphatic heterocycles. The molecule has 0 spiro atoms. The standard InChI is InChI=1S/C18H21NO/c1-13(2)20-17-10-6-5-9-16(17)18(19)12-11-14-7-3-4-8-15(14)18/h3-10,13H,11-12,19H2,1-2H3. The van der Waals surface area contributed by atoms with Gasteiger partial charge >= 0.3 is 0 Å². The average Bonchev–Trinajstić information content (AvgIpc) is 2.78. The van der Waals surface area contributed by atoms with Crippen molar-refractivity contribution in [2.75, 3.05) is 0 Å². The fourth-order valence-electron chi connectivity index (χ4n) is 3.11. The first-order valence-corrected chi connectivity index (χ1v) is 7.25. The molecule has 0 bridgehead atoms. The van der Waals surface area contributed by atoms with E-state index in [0.717, 1.165) is 24.2 Å². The maximum atomic E-state index is 6.79. The van der Waals surface area contributed by atoms with Crippen molar-refractivity contribution in [3.8, 4) is 5.75 Å². The Balaban J connectivity index is 2.10. The zero-order valence-electron chi connectivity index (χ0n) is 12.1. The second-order valence-electron chi connectivity index (χ2n) is 5.79. The Hall–Kier alpha value is -1.80. The van der Waals surface area contributed by atoms with E-state index in [-0.39, 0.29) is 6.10 Å². The Labute approximate surface area is 120 Å². The summed E-state index contributed by atoms with van der Waals surface area (Å²) >= 11 is 0. The molecule has 0 heterocycles. The third-order valence-electron chi connectivity index (χ3n) is 4.02. The number of aryl methyl sites for hydroxylation is 1. The molecule has 2 nitrogen and oxygen atoms in total. The molecule has 2 heteroatoms. The van der Waals surface area contributed by atoms with Crippen LogP contribution in [0.15, 0.2) is 48.5 Å². The number of hydrogen-bond donors (Lipinski definition) is 1. The van der Waals surface area contributed by atoms with E-state index in [4.69, 9.17) is 10.5 Å². The van der Waals surface area contributed by atoms with Gasteiger partial charge in [-0.15, -0.1) is 0 Å². The predicted octanol–water partition coefficient (Wildman–Crippen LogP) is 3.62. The van der Waals surface area contributed by atoms with Crippen molar-refractivity contribution in [1.29, 1.82) is 0 Å². The van der Waals surface area contributed by atoms with Gasteiger partial charge in [-0.3, -0.25) is 0 Å². The first kappa shape index (κ1) is 13.2. The number of hydrogen-bond acceptors (Lipinski definition) is 2. The van der Waals surface area contributed by atoms with Crippen molar-refractivity contribution < 1.29 is 4.74 Å². The largest absolute Gasteiger partial charge is 0.491 e. The summed E-state index contributed by atoms with van der Waals surface area (Å²) < 4.78 is 5.96. The number of rotatable bonds is 3. The molecular weight excluding hydrogens is 246 g/mol. The highest BCUT2D eigenvalue weighted by molar-refractivity contribution is 5.51. The number of para-hydroxylation sites is 1. The van der Waals surface area contributed by atoms with Gasteiger partial charge < -0.3 is 10.5 Å². The lowest BCUT2D eigenvalue weighted by Gasteiger charge is -2.29. The van der Waals surface area contributed by atoms with Gasteiger partial charge in [0.25, 0.3) is 0 Å². The molecule has 0 amide bonds. The Morgan fingerprint density at radius 2 is 1.65 bits per heavy atom. The summed E-state index contributed by atoms with van der Waals surface area (Å²) in [5.74, 6) is 0.904. The van der Waals surface area contributed by atoms with Gasteiger partial charge in [0.15, 0.2) is 0 Å². The molecule has 20 heavy (non-hydrogen) atoms. The smallest absolute Gasteiger partial charge is 0.125 e. The van der Waals surface area contributed by atoms with Crippen molar-refractivity contribution >= 4 is 0 Å². The van der Waals surface area contributed by atoms with Crippen LogP contribution in [-0.4, -0.2) is 6.10 Å². The highest BCUT2D eigenvalue weighted by Crippen LogP contribution is 2.43. The normalized spacial score (nSPS) is 21.0. The van der Waals surface area contributed by atoms with Gasteiger partial charge in [0.05, 0.1) is 11.6 Å². The molecule has 1 aliphatic rings. The van der Waals surface area contributed by atoms with E-state index in [2.05, 4.69) is 30.3 Å². The molecule has 104 valence electrons. The number of nitrogens with two attached hydrogens (primary N) is 1. The van der Waals surface area contributed by atoms with Crippen molar-refractivity contribution in [3.63, 3.8) is 0 Å². The second kappa shape index (κ2) is 4.95. The van der Waals surface area contributed by atoms with Gasteiger partial charge in [-0.2, -0.15) is 0 Å². The summed E-state index contributed by atoms with van der Waals surface area (Å²) in [6, 6.07) is 16.6. The van der Waals surface area contributed by atoms with Gasteiger partial charge in [-0.05, 0) is 43.9 Å². The second-order valence-corrected chi connectivity index (χ2v) is 5.79. The lowest BCUT2D eigenvalue weighted by molar-refractivity contribution is 0.236. The van der Waals surface area contributed by atoms with E-state index in [1.807, 2.05) is 32.0 Å². The zero-order chi connectivity index (χ0) is 14.2. The fraction of sp³-hybridized carbons (Fsp3) is 0.333. The van der Waals surface area contributed by atoms with Crippen molar-refractivity contribution in [2.45, 2.75) is 38.3 Å². The Morgan fingerprint density at radius 3 is 2.40 bits per heavy atom. The van der Waals surface area contributed by atoms with Crippen LogP contribution in [0.4, 0.5) is 0 Å². The highest BCUT2D eigenvalue weighted by Gasteiger charge is 2.38. The molecule has 2 aromatic rings. The number of ether oxygens (including phenoxy) is 1. The molecule has 1 atom stereocenters. The molecule has 0 radical (unpaired) electrons. The molecule has 2 N–H and O–H groups in total. The van der Waals surface area contributed by atoms with Gasteiger partial charge in [0.2, 0.25) is 0 Å². The van der Waals surface area contributed by atoms with Crippen LogP contribution >= 0.6 is 0 Å².